The van der Waals surface area contributed by atoms with Crippen molar-refractivity contribution in [3.63, 3.8) is 0 Å². The number of carbonyl (C=O) groups excluding carboxylic acids is 2. The van der Waals surface area contributed by atoms with Gasteiger partial charge in [0.05, 0.1) is 17.6 Å². The Morgan fingerprint density at radius 1 is 0.970 bits per heavy atom. The van der Waals surface area contributed by atoms with Crippen LogP contribution in [0.2, 0.25) is 0 Å². The van der Waals surface area contributed by atoms with E-state index in [1.54, 1.807) is 18.2 Å². The zero-order chi connectivity index (χ0) is 23.7. The summed E-state index contributed by atoms with van der Waals surface area (Å²) in [7, 11) is 2.83. The molecule has 4 aromatic rings. The molecule has 0 spiro atoms. The van der Waals surface area contributed by atoms with Crippen LogP contribution in [0, 0.1) is 5.82 Å². The minimum atomic E-state index is -0.572. The van der Waals surface area contributed by atoms with Gasteiger partial charge in [0, 0.05) is 19.8 Å². The Balaban J connectivity index is 1.57. The number of nitrogens with one attached hydrogen (secondary N) is 2. The molecule has 0 fully saturated rings. The largest absolute Gasteiger partial charge is 0.332 e. The predicted molar refractivity (Wildman–Crippen MR) is 120 cm³/mol. The van der Waals surface area contributed by atoms with Crippen LogP contribution >= 0.6 is 0 Å². The van der Waals surface area contributed by atoms with Crippen LogP contribution in [0.25, 0.3) is 11.2 Å². The van der Waals surface area contributed by atoms with E-state index in [2.05, 4.69) is 15.6 Å². The van der Waals surface area contributed by atoms with E-state index in [1.807, 2.05) is 0 Å². The summed E-state index contributed by atoms with van der Waals surface area (Å²) in [5.74, 6) is -1.43. The Morgan fingerprint density at radius 3 is 2.39 bits per heavy atom. The molecule has 0 saturated heterocycles. The SMILES string of the molecule is Cn1c(=O)c2c(ncn2CC(=O)Nc2ccccc2C(=O)Nc2ccc(F)cc2)n(C)c1=O. The van der Waals surface area contributed by atoms with Crippen LogP contribution in [-0.4, -0.2) is 30.5 Å². The third-order valence-corrected chi connectivity index (χ3v) is 5.08. The number of aryl methyl sites for hydroxylation is 1. The molecular weight excluding hydrogens is 431 g/mol. The summed E-state index contributed by atoms with van der Waals surface area (Å²) in [5.41, 5.74) is 0.0255. The molecule has 33 heavy (non-hydrogen) atoms. The van der Waals surface area contributed by atoms with Crippen molar-refractivity contribution in [3.8, 4) is 0 Å². The van der Waals surface area contributed by atoms with E-state index in [1.165, 1.54) is 59.9 Å². The summed E-state index contributed by atoms with van der Waals surface area (Å²) in [6.45, 7) is -0.266. The van der Waals surface area contributed by atoms with Gasteiger partial charge in [0.15, 0.2) is 11.2 Å². The summed E-state index contributed by atoms with van der Waals surface area (Å²) < 4.78 is 16.6. The van der Waals surface area contributed by atoms with Crippen LogP contribution in [0.4, 0.5) is 15.8 Å². The number of halogens is 1. The zero-order valence-electron chi connectivity index (χ0n) is 17.7. The van der Waals surface area contributed by atoms with Crippen molar-refractivity contribution < 1.29 is 14.0 Å². The van der Waals surface area contributed by atoms with Crippen LogP contribution in [-0.2, 0) is 25.4 Å². The fourth-order valence-corrected chi connectivity index (χ4v) is 3.38. The highest BCUT2D eigenvalue weighted by Crippen LogP contribution is 2.18. The number of carbonyl (C=O) groups is 2. The molecule has 11 heteroatoms. The van der Waals surface area contributed by atoms with Crippen molar-refractivity contribution in [2.24, 2.45) is 14.1 Å². The van der Waals surface area contributed by atoms with Crippen molar-refractivity contribution in [3.05, 3.63) is 87.1 Å². The number of para-hydroxylation sites is 1. The van der Waals surface area contributed by atoms with E-state index in [-0.39, 0.29) is 29.0 Å². The van der Waals surface area contributed by atoms with E-state index in [0.29, 0.717) is 5.69 Å². The average molecular weight is 450 g/mol. The van der Waals surface area contributed by atoms with Gasteiger partial charge in [0.2, 0.25) is 5.91 Å². The fourth-order valence-electron chi connectivity index (χ4n) is 3.38. The van der Waals surface area contributed by atoms with Crippen LogP contribution < -0.4 is 21.9 Å². The molecule has 0 aliphatic heterocycles. The Bertz CT molecular complexity index is 1500. The third-order valence-electron chi connectivity index (χ3n) is 5.08. The molecule has 0 bridgehead atoms. The Labute approximate surface area is 185 Å². The highest BCUT2D eigenvalue weighted by Gasteiger charge is 2.18. The standard InChI is InChI=1S/C22H19FN6O4/c1-27-19-18(21(32)28(2)22(27)33)29(12-24-19)11-17(30)26-16-6-4-3-5-15(16)20(31)25-14-9-7-13(23)8-10-14/h3-10,12H,11H2,1-2H3,(H,25,31)(H,26,30). The second-order valence-corrected chi connectivity index (χ2v) is 7.31. The average Bonchev–Trinajstić information content (AvgIpc) is 3.21. The van der Waals surface area contributed by atoms with E-state index in [4.69, 9.17) is 0 Å². The van der Waals surface area contributed by atoms with Crippen LogP contribution in [0.3, 0.4) is 0 Å². The number of aromatic nitrogens is 4. The molecule has 0 saturated carbocycles. The van der Waals surface area contributed by atoms with E-state index < -0.39 is 28.9 Å². The van der Waals surface area contributed by atoms with Crippen molar-refractivity contribution >= 4 is 34.4 Å². The van der Waals surface area contributed by atoms with Gasteiger partial charge in [-0.15, -0.1) is 0 Å². The highest BCUT2D eigenvalue weighted by atomic mass is 19.1. The molecule has 10 nitrogen and oxygen atoms in total. The molecule has 2 heterocycles. The Kier molecular flexibility index (Phi) is 5.61. The topological polar surface area (TPSA) is 120 Å². The lowest BCUT2D eigenvalue weighted by molar-refractivity contribution is -0.116. The summed E-state index contributed by atoms with van der Waals surface area (Å²) in [4.78, 5) is 54.1. The number of hydrogen-bond acceptors (Lipinski definition) is 5. The minimum absolute atomic E-state index is 0.108. The van der Waals surface area contributed by atoms with Crippen molar-refractivity contribution in [2.75, 3.05) is 10.6 Å². The van der Waals surface area contributed by atoms with Gasteiger partial charge in [-0.1, -0.05) is 12.1 Å². The van der Waals surface area contributed by atoms with Gasteiger partial charge in [-0.25, -0.2) is 14.2 Å². The fraction of sp³-hybridized carbons (Fsp3) is 0.136. The maximum Gasteiger partial charge on any atom is 0.332 e. The van der Waals surface area contributed by atoms with Crippen LogP contribution in [0.15, 0.2) is 64.4 Å². The van der Waals surface area contributed by atoms with Gasteiger partial charge in [-0.2, -0.15) is 0 Å². The zero-order valence-corrected chi connectivity index (χ0v) is 17.7. The maximum atomic E-state index is 13.1. The first kappa shape index (κ1) is 21.7. The summed E-state index contributed by atoms with van der Waals surface area (Å²) >= 11 is 0. The first-order valence-electron chi connectivity index (χ1n) is 9.83. The summed E-state index contributed by atoms with van der Waals surface area (Å²) in [6.07, 6.45) is 1.30. The molecular formula is C22H19FN6O4. The summed E-state index contributed by atoms with van der Waals surface area (Å²) in [5, 5.41) is 5.31. The van der Waals surface area contributed by atoms with Crippen LogP contribution in [0.5, 0.6) is 0 Å². The molecule has 0 aliphatic rings. The molecule has 2 N–H and O–H groups in total. The molecule has 4 rings (SSSR count). The highest BCUT2D eigenvalue weighted by molar-refractivity contribution is 6.10. The van der Waals surface area contributed by atoms with Crippen molar-refractivity contribution in [2.45, 2.75) is 6.54 Å². The number of imidazole rings is 1. The second-order valence-electron chi connectivity index (χ2n) is 7.31. The minimum Gasteiger partial charge on any atom is -0.324 e. The van der Waals surface area contributed by atoms with Gasteiger partial charge in [0.25, 0.3) is 11.5 Å². The number of fused-ring (bicyclic) bond motifs is 1. The molecule has 2 aromatic carbocycles. The number of benzene rings is 2. The van der Waals surface area contributed by atoms with Crippen molar-refractivity contribution in [1.82, 2.24) is 18.7 Å². The van der Waals surface area contributed by atoms with E-state index >= 15 is 0 Å². The summed E-state index contributed by atoms with van der Waals surface area (Å²) in [6, 6.07) is 11.7. The predicted octanol–water partition coefficient (Wildman–Crippen LogP) is 1.46. The first-order valence-corrected chi connectivity index (χ1v) is 9.83. The number of nitrogens with zero attached hydrogens (tertiary/aromatic N) is 4. The third kappa shape index (κ3) is 4.15. The van der Waals surface area contributed by atoms with Gasteiger partial charge < -0.3 is 15.2 Å². The van der Waals surface area contributed by atoms with E-state index in [0.717, 1.165) is 4.57 Å². The lowest BCUT2D eigenvalue weighted by Gasteiger charge is -2.12. The molecule has 0 atom stereocenters. The van der Waals surface area contributed by atoms with Gasteiger partial charge in [-0.3, -0.25) is 23.5 Å². The molecule has 0 unspecified atom stereocenters. The number of hydrogen-bond donors (Lipinski definition) is 2. The Morgan fingerprint density at radius 2 is 1.67 bits per heavy atom. The van der Waals surface area contributed by atoms with E-state index in [9.17, 15) is 23.6 Å². The number of amides is 2. The lowest BCUT2D eigenvalue weighted by Crippen LogP contribution is -2.37. The van der Waals surface area contributed by atoms with Gasteiger partial charge >= 0.3 is 5.69 Å². The maximum absolute atomic E-state index is 13.1. The number of anilines is 2. The molecule has 0 aliphatic carbocycles. The van der Waals surface area contributed by atoms with Crippen molar-refractivity contribution in [1.29, 1.82) is 0 Å². The quantitative estimate of drug-likeness (QED) is 0.477. The lowest BCUT2D eigenvalue weighted by atomic mass is 10.1. The number of rotatable bonds is 5. The smallest absolute Gasteiger partial charge is 0.324 e. The Hall–Kier alpha value is -4.54. The normalized spacial score (nSPS) is 10.9. The molecule has 168 valence electrons. The van der Waals surface area contributed by atoms with Gasteiger partial charge in [0.1, 0.15) is 12.4 Å². The second kappa shape index (κ2) is 8.54. The van der Waals surface area contributed by atoms with Crippen LogP contribution in [0.1, 0.15) is 10.4 Å². The molecule has 2 aromatic heterocycles. The molecule has 2 amide bonds. The molecule has 0 radical (unpaired) electrons. The monoisotopic (exact) mass is 450 g/mol. The first-order chi connectivity index (χ1) is 15.8. The van der Waals surface area contributed by atoms with Gasteiger partial charge in [-0.05, 0) is 36.4 Å².